The van der Waals surface area contributed by atoms with Crippen molar-refractivity contribution in [2.75, 3.05) is 11.9 Å². The van der Waals surface area contributed by atoms with E-state index in [9.17, 15) is 9.18 Å². The smallest absolute Gasteiger partial charge is 0.265 e. The Morgan fingerprint density at radius 1 is 1.24 bits per heavy atom. The van der Waals surface area contributed by atoms with Crippen LogP contribution in [-0.4, -0.2) is 18.7 Å². The van der Waals surface area contributed by atoms with Gasteiger partial charge in [-0.15, -0.1) is 0 Å². The van der Waals surface area contributed by atoms with Gasteiger partial charge in [0, 0.05) is 15.7 Å². The van der Waals surface area contributed by atoms with Gasteiger partial charge >= 0.3 is 0 Å². The fourth-order valence-electron chi connectivity index (χ4n) is 1.50. The largest absolute Gasteiger partial charge is 0.386 e. The quantitative estimate of drug-likeness (QED) is 0.661. The van der Waals surface area contributed by atoms with Crippen LogP contribution in [0.3, 0.4) is 0 Å². The lowest BCUT2D eigenvalue weighted by Crippen LogP contribution is -2.16. The molecule has 0 aliphatic rings. The number of carbonyl (C=O) groups excluding carboxylic acids is 1. The number of nitrogens with zero attached hydrogens (tertiary/aromatic N) is 1. The Labute approximate surface area is 129 Å². The molecule has 108 valence electrons. The molecular formula is C15H12BrFN2O2. The van der Waals surface area contributed by atoms with Gasteiger partial charge in [0.1, 0.15) is 5.82 Å². The number of benzene rings is 2. The minimum atomic E-state index is -0.399. The minimum absolute atomic E-state index is 0.249. The van der Waals surface area contributed by atoms with Gasteiger partial charge in [0.25, 0.3) is 5.91 Å². The van der Waals surface area contributed by atoms with Gasteiger partial charge in [0.2, 0.25) is 0 Å². The van der Waals surface area contributed by atoms with Crippen LogP contribution in [0.15, 0.2) is 58.2 Å². The van der Waals surface area contributed by atoms with Crippen molar-refractivity contribution in [2.24, 2.45) is 5.16 Å². The molecule has 0 heterocycles. The molecule has 0 fully saturated rings. The maximum Gasteiger partial charge on any atom is 0.265 e. The average Bonchev–Trinajstić information content (AvgIpc) is 2.48. The van der Waals surface area contributed by atoms with E-state index in [-0.39, 0.29) is 12.5 Å². The zero-order valence-electron chi connectivity index (χ0n) is 10.9. The molecule has 0 spiro atoms. The molecule has 2 rings (SSSR count). The lowest BCUT2D eigenvalue weighted by atomic mass is 10.2. The van der Waals surface area contributed by atoms with Crippen molar-refractivity contribution in [3.05, 3.63) is 64.4 Å². The first kappa shape index (κ1) is 15.2. The summed E-state index contributed by atoms with van der Waals surface area (Å²) in [5, 5.41) is 6.21. The highest BCUT2D eigenvalue weighted by Crippen LogP contribution is 2.13. The van der Waals surface area contributed by atoms with E-state index in [0.717, 1.165) is 4.47 Å². The van der Waals surface area contributed by atoms with E-state index in [4.69, 9.17) is 4.84 Å². The molecule has 0 saturated heterocycles. The number of hydrogen-bond donors (Lipinski definition) is 1. The fraction of sp³-hybridized carbons (Fsp3) is 0.0667. The number of hydrogen-bond acceptors (Lipinski definition) is 3. The molecule has 0 aliphatic carbocycles. The van der Waals surface area contributed by atoms with Crippen LogP contribution in [0.1, 0.15) is 5.56 Å². The second-order valence-electron chi connectivity index (χ2n) is 4.08. The van der Waals surface area contributed by atoms with Crippen LogP contribution in [0.5, 0.6) is 0 Å². The maximum atomic E-state index is 13.3. The van der Waals surface area contributed by atoms with Gasteiger partial charge in [-0.1, -0.05) is 39.3 Å². The first-order valence-electron chi connectivity index (χ1n) is 6.10. The average molecular weight is 351 g/mol. The number of rotatable bonds is 5. The summed E-state index contributed by atoms with van der Waals surface area (Å²) in [5.74, 6) is -0.743. The summed E-state index contributed by atoms with van der Waals surface area (Å²) in [6, 6.07) is 13.3. The second-order valence-corrected chi connectivity index (χ2v) is 5.00. The molecule has 0 unspecified atom stereocenters. The van der Waals surface area contributed by atoms with E-state index in [2.05, 4.69) is 26.4 Å². The minimum Gasteiger partial charge on any atom is -0.386 e. The van der Waals surface area contributed by atoms with E-state index in [1.165, 1.54) is 12.3 Å². The Morgan fingerprint density at radius 3 is 2.67 bits per heavy atom. The predicted molar refractivity (Wildman–Crippen MR) is 82.7 cm³/mol. The normalized spacial score (nSPS) is 10.6. The van der Waals surface area contributed by atoms with Crippen molar-refractivity contribution in [3.8, 4) is 0 Å². The van der Waals surface area contributed by atoms with Crippen LogP contribution in [0, 0.1) is 5.82 Å². The highest BCUT2D eigenvalue weighted by Gasteiger charge is 2.02. The van der Waals surface area contributed by atoms with Crippen molar-refractivity contribution in [1.29, 1.82) is 0 Å². The molecule has 0 bridgehead atoms. The summed E-state index contributed by atoms with van der Waals surface area (Å²) < 4.78 is 14.2. The summed E-state index contributed by atoms with van der Waals surface area (Å²) >= 11 is 3.30. The summed E-state index contributed by atoms with van der Waals surface area (Å²) in [5.41, 5.74) is 0.954. The molecule has 2 aromatic rings. The van der Waals surface area contributed by atoms with E-state index >= 15 is 0 Å². The standard InChI is InChI=1S/C15H12BrFN2O2/c16-12-5-7-13(8-6-12)19-15(20)10-21-18-9-11-3-1-2-4-14(11)17/h1-9H,10H2,(H,19,20)/b18-9-. The lowest BCUT2D eigenvalue weighted by Gasteiger charge is -2.04. The first-order chi connectivity index (χ1) is 10.1. The van der Waals surface area contributed by atoms with Gasteiger partial charge in [-0.25, -0.2) is 4.39 Å². The summed E-state index contributed by atoms with van der Waals surface area (Å²) in [6.07, 6.45) is 1.22. The molecule has 0 saturated carbocycles. The maximum absolute atomic E-state index is 13.3. The molecule has 1 amide bonds. The molecule has 6 heteroatoms. The summed E-state index contributed by atoms with van der Waals surface area (Å²) in [6.45, 7) is -0.249. The van der Waals surface area contributed by atoms with E-state index in [1.807, 2.05) is 12.1 Å². The number of oxime groups is 1. The third-order valence-corrected chi connectivity index (χ3v) is 3.02. The zero-order valence-corrected chi connectivity index (χ0v) is 12.5. The highest BCUT2D eigenvalue weighted by molar-refractivity contribution is 9.10. The molecule has 0 radical (unpaired) electrons. The van der Waals surface area contributed by atoms with Crippen molar-refractivity contribution in [2.45, 2.75) is 0 Å². The molecule has 0 atom stereocenters. The third kappa shape index (κ3) is 5.00. The number of nitrogens with one attached hydrogen (secondary N) is 1. The van der Waals surface area contributed by atoms with Crippen LogP contribution in [0.2, 0.25) is 0 Å². The number of halogens is 2. The van der Waals surface area contributed by atoms with Crippen LogP contribution in [0.25, 0.3) is 0 Å². The predicted octanol–water partition coefficient (Wildman–Crippen LogP) is 3.58. The Bertz CT molecular complexity index is 644. The van der Waals surface area contributed by atoms with E-state index in [0.29, 0.717) is 11.3 Å². The van der Waals surface area contributed by atoms with E-state index in [1.54, 1.807) is 30.3 Å². The van der Waals surface area contributed by atoms with Gasteiger partial charge in [-0.05, 0) is 30.3 Å². The van der Waals surface area contributed by atoms with Crippen molar-refractivity contribution in [3.63, 3.8) is 0 Å². The summed E-state index contributed by atoms with van der Waals surface area (Å²) in [7, 11) is 0. The van der Waals surface area contributed by atoms with Crippen LogP contribution in [0.4, 0.5) is 10.1 Å². The Hall–Kier alpha value is -2.21. The molecular weight excluding hydrogens is 339 g/mol. The lowest BCUT2D eigenvalue weighted by molar-refractivity contribution is -0.120. The topological polar surface area (TPSA) is 50.7 Å². The molecule has 2 aromatic carbocycles. The van der Waals surface area contributed by atoms with Crippen molar-refractivity contribution in [1.82, 2.24) is 0 Å². The Kier molecular flexibility index (Phi) is 5.45. The van der Waals surface area contributed by atoms with Crippen LogP contribution in [-0.2, 0) is 9.63 Å². The van der Waals surface area contributed by atoms with Gasteiger partial charge in [0.05, 0.1) is 6.21 Å². The first-order valence-corrected chi connectivity index (χ1v) is 6.90. The molecule has 1 N–H and O–H groups in total. The molecule has 0 aliphatic heterocycles. The van der Waals surface area contributed by atoms with Gasteiger partial charge in [-0.3, -0.25) is 4.79 Å². The van der Waals surface area contributed by atoms with Gasteiger partial charge < -0.3 is 10.2 Å². The highest BCUT2D eigenvalue weighted by atomic mass is 79.9. The Balaban J connectivity index is 1.79. The molecule has 4 nitrogen and oxygen atoms in total. The van der Waals surface area contributed by atoms with Crippen molar-refractivity contribution < 1.29 is 14.0 Å². The second kappa shape index (κ2) is 7.54. The SMILES string of the molecule is O=C(CO/N=C\c1ccccc1F)Nc1ccc(Br)cc1. The van der Waals surface area contributed by atoms with Crippen LogP contribution >= 0.6 is 15.9 Å². The number of amides is 1. The third-order valence-electron chi connectivity index (χ3n) is 2.50. The molecule has 0 aromatic heterocycles. The number of anilines is 1. The summed E-state index contributed by atoms with van der Waals surface area (Å²) in [4.78, 5) is 16.4. The fourth-order valence-corrected chi connectivity index (χ4v) is 1.76. The van der Waals surface area contributed by atoms with Gasteiger partial charge in [0.15, 0.2) is 6.61 Å². The zero-order chi connectivity index (χ0) is 15.1. The monoisotopic (exact) mass is 350 g/mol. The van der Waals surface area contributed by atoms with Crippen molar-refractivity contribution >= 4 is 33.7 Å². The van der Waals surface area contributed by atoms with Gasteiger partial charge in [-0.2, -0.15) is 0 Å². The molecule has 21 heavy (non-hydrogen) atoms. The Morgan fingerprint density at radius 2 is 1.95 bits per heavy atom. The van der Waals surface area contributed by atoms with Crippen LogP contribution < -0.4 is 5.32 Å². The number of carbonyl (C=O) groups is 1. The van der Waals surface area contributed by atoms with E-state index < -0.39 is 5.82 Å².